The van der Waals surface area contributed by atoms with E-state index in [-0.39, 0.29) is 5.69 Å². The van der Waals surface area contributed by atoms with Gasteiger partial charge >= 0.3 is 5.97 Å². The molecule has 3 aromatic carbocycles. The minimum Gasteiger partial charge on any atom is -0.480 e. The van der Waals surface area contributed by atoms with Crippen LogP contribution in [0.25, 0.3) is 11.1 Å². The molecule has 0 unspecified atom stereocenters. The average molecular weight is 387 g/mol. The van der Waals surface area contributed by atoms with Crippen LogP contribution in [0.5, 0.6) is 0 Å². The number of non-ortho nitro benzene ring substituents is 1. The van der Waals surface area contributed by atoms with Gasteiger partial charge < -0.3 is 5.11 Å². The first-order valence-electron chi connectivity index (χ1n) is 9.70. The molecule has 146 valence electrons. The summed E-state index contributed by atoms with van der Waals surface area (Å²) in [6.07, 6.45) is 2.84. The summed E-state index contributed by atoms with van der Waals surface area (Å²) in [5.41, 5.74) is 3.81. The summed E-state index contributed by atoms with van der Waals surface area (Å²) < 4.78 is 0. The first-order valence-corrected chi connectivity index (χ1v) is 9.70. The number of aryl methyl sites for hydroxylation is 1. The molecule has 0 radical (unpaired) electrons. The first kappa shape index (κ1) is 18.9. The van der Waals surface area contributed by atoms with Gasteiger partial charge in [-0.25, -0.2) is 0 Å². The maximum absolute atomic E-state index is 12.6. The number of benzene rings is 3. The molecule has 0 fully saturated rings. The third-order valence-corrected chi connectivity index (χ3v) is 5.84. The highest BCUT2D eigenvalue weighted by Gasteiger charge is 2.48. The average Bonchev–Trinajstić information content (AvgIpc) is 3.03. The zero-order valence-corrected chi connectivity index (χ0v) is 15.9. The fourth-order valence-corrected chi connectivity index (χ4v) is 4.44. The van der Waals surface area contributed by atoms with Gasteiger partial charge in [0, 0.05) is 12.1 Å². The van der Waals surface area contributed by atoms with E-state index >= 15 is 0 Å². The molecule has 0 amide bonds. The van der Waals surface area contributed by atoms with Crippen LogP contribution in [0.15, 0.2) is 72.8 Å². The molecular formula is C24H21NO4. The van der Waals surface area contributed by atoms with Crippen molar-refractivity contribution in [3.63, 3.8) is 0 Å². The number of nitro groups is 1. The molecule has 1 aliphatic rings. The van der Waals surface area contributed by atoms with Crippen LogP contribution in [-0.4, -0.2) is 16.0 Å². The van der Waals surface area contributed by atoms with E-state index in [1.807, 2.05) is 48.5 Å². The Kier molecular flexibility index (Phi) is 4.89. The second-order valence-electron chi connectivity index (χ2n) is 7.43. The Labute approximate surface area is 168 Å². The van der Waals surface area contributed by atoms with Crippen LogP contribution in [0.2, 0.25) is 0 Å². The van der Waals surface area contributed by atoms with Crippen molar-refractivity contribution < 1.29 is 14.8 Å². The van der Waals surface area contributed by atoms with Crippen LogP contribution < -0.4 is 0 Å². The number of aliphatic carboxylic acids is 1. The Morgan fingerprint density at radius 1 is 0.862 bits per heavy atom. The summed E-state index contributed by atoms with van der Waals surface area (Å²) in [4.78, 5) is 22.9. The van der Waals surface area contributed by atoms with Crippen LogP contribution in [0.3, 0.4) is 0 Å². The van der Waals surface area contributed by atoms with E-state index in [1.54, 1.807) is 12.1 Å². The van der Waals surface area contributed by atoms with Crippen LogP contribution >= 0.6 is 0 Å². The summed E-state index contributed by atoms with van der Waals surface area (Å²) in [6, 6.07) is 22.1. The monoisotopic (exact) mass is 387 g/mol. The third kappa shape index (κ3) is 3.18. The first-order chi connectivity index (χ1) is 14.0. The SMILES string of the molecule is O=C(O)C1(CCCCc2ccc([N+](=O)[O-])cc2)c2ccccc2-c2ccccc21. The number of rotatable bonds is 7. The van der Waals surface area contributed by atoms with Crippen molar-refractivity contribution in [1.29, 1.82) is 0 Å². The fraction of sp³-hybridized carbons (Fsp3) is 0.208. The minimum absolute atomic E-state index is 0.0812. The van der Waals surface area contributed by atoms with Gasteiger partial charge in [0.1, 0.15) is 5.41 Å². The fourth-order valence-electron chi connectivity index (χ4n) is 4.44. The van der Waals surface area contributed by atoms with Crippen molar-refractivity contribution in [2.24, 2.45) is 0 Å². The molecule has 0 spiro atoms. The molecule has 0 heterocycles. The number of fused-ring (bicyclic) bond motifs is 3. The van der Waals surface area contributed by atoms with Gasteiger partial charge in [0.2, 0.25) is 0 Å². The van der Waals surface area contributed by atoms with E-state index in [2.05, 4.69) is 0 Å². The summed E-state index contributed by atoms with van der Waals surface area (Å²) in [6.45, 7) is 0. The van der Waals surface area contributed by atoms with E-state index < -0.39 is 16.3 Å². The summed E-state index contributed by atoms with van der Waals surface area (Å²) in [5, 5.41) is 21.1. The number of hydrogen-bond acceptors (Lipinski definition) is 3. The van der Waals surface area contributed by atoms with E-state index in [4.69, 9.17) is 0 Å². The van der Waals surface area contributed by atoms with Crippen LogP contribution in [-0.2, 0) is 16.6 Å². The van der Waals surface area contributed by atoms with Crippen LogP contribution in [0.1, 0.15) is 36.0 Å². The number of carboxylic acid groups (broad SMARTS) is 1. The number of nitro benzene ring substituents is 1. The zero-order valence-electron chi connectivity index (χ0n) is 15.9. The molecule has 3 aromatic rings. The van der Waals surface area contributed by atoms with Crippen molar-refractivity contribution in [3.8, 4) is 11.1 Å². The van der Waals surface area contributed by atoms with Gasteiger partial charge in [0.15, 0.2) is 0 Å². The van der Waals surface area contributed by atoms with Crippen molar-refractivity contribution >= 4 is 11.7 Å². The maximum atomic E-state index is 12.6. The molecule has 5 heteroatoms. The predicted molar refractivity (Wildman–Crippen MR) is 111 cm³/mol. The molecule has 0 saturated heterocycles. The lowest BCUT2D eigenvalue weighted by atomic mass is 9.74. The van der Waals surface area contributed by atoms with E-state index in [0.717, 1.165) is 47.1 Å². The van der Waals surface area contributed by atoms with E-state index in [1.165, 1.54) is 12.1 Å². The van der Waals surface area contributed by atoms with Gasteiger partial charge in [-0.2, -0.15) is 0 Å². The normalized spacial score (nSPS) is 13.5. The Morgan fingerprint density at radius 3 is 1.93 bits per heavy atom. The molecule has 0 saturated carbocycles. The summed E-state index contributed by atoms with van der Waals surface area (Å²) in [7, 11) is 0. The molecule has 0 aliphatic heterocycles. The highest BCUT2D eigenvalue weighted by Crippen LogP contribution is 2.51. The molecule has 29 heavy (non-hydrogen) atoms. The zero-order chi connectivity index (χ0) is 20.4. The van der Waals surface area contributed by atoms with E-state index in [9.17, 15) is 20.0 Å². The van der Waals surface area contributed by atoms with Gasteiger partial charge in [-0.05, 0) is 47.1 Å². The molecular weight excluding hydrogens is 366 g/mol. The lowest BCUT2D eigenvalue weighted by Gasteiger charge is -2.27. The molecule has 5 nitrogen and oxygen atoms in total. The summed E-state index contributed by atoms with van der Waals surface area (Å²) in [5.74, 6) is -0.815. The lowest BCUT2D eigenvalue weighted by Crippen LogP contribution is -2.35. The third-order valence-electron chi connectivity index (χ3n) is 5.84. The number of carboxylic acids is 1. The Bertz CT molecular complexity index is 1030. The lowest BCUT2D eigenvalue weighted by molar-refractivity contribution is -0.384. The van der Waals surface area contributed by atoms with Crippen LogP contribution in [0, 0.1) is 10.1 Å². The number of unbranched alkanes of at least 4 members (excludes halogenated alkanes) is 1. The second-order valence-corrected chi connectivity index (χ2v) is 7.43. The Balaban J connectivity index is 1.54. The highest BCUT2D eigenvalue weighted by atomic mass is 16.6. The molecule has 1 aliphatic carbocycles. The summed E-state index contributed by atoms with van der Waals surface area (Å²) >= 11 is 0. The Morgan fingerprint density at radius 2 is 1.41 bits per heavy atom. The minimum atomic E-state index is -1.03. The van der Waals surface area contributed by atoms with Crippen molar-refractivity contribution in [2.45, 2.75) is 31.1 Å². The maximum Gasteiger partial charge on any atom is 0.318 e. The van der Waals surface area contributed by atoms with Gasteiger partial charge in [-0.3, -0.25) is 14.9 Å². The molecule has 1 N–H and O–H groups in total. The molecule has 0 aromatic heterocycles. The number of nitrogens with zero attached hydrogens (tertiary/aromatic N) is 1. The van der Waals surface area contributed by atoms with Gasteiger partial charge in [0.25, 0.3) is 5.69 Å². The van der Waals surface area contributed by atoms with Gasteiger partial charge in [-0.1, -0.05) is 67.1 Å². The predicted octanol–water partition coefficient (Wildman–Crippen LogP) is 5.36. The topological polar surface area (TPSA) is 80.4 Å². The smallest absolute Gasteiger partial charge is 0.318 e. The largest absolute Gasteiger partial charge is 0.480 e. The van der Waals surface area contributed by atoms with Gasteiger partial charge in [0.05, 0.1) is 4.92 Å². The highest BCUT2D eigenvalue weighted by molar-refractivity contribution is 5.97. The molecule has 0 bridgehead atoms. The van der Waals surface area contributed by atoms with Crippen molar-refractivity contribution in [3.05, 3.63) is 99.6 Å². The standard InChI is InChI=1S/C24H21NO4/c26-23(27)24(16-6-5-7-17-12-14-18(15-13-17)25(28)29)21-10-3-1-8-19(21)20-9-2-4-11-22(20)24/h1-4,8-15H,5-7,16H2,(H,26,27). The van der Waals surface area contributed by atoms with E-state index in [0.29, 0.717) is 6.42 Å². The van der Waals surface area contributed by atoms with Gasteiger partial charge in [-0.15, -0.1) is 0 Å². The van der Waals surface area contributed by atoms with Crippen LogP contribution in [0.4, 0.5) is 5.69 Å². The molecule has 0 atom stereocenters. The quantitative estimate of drug-likeness (QED) is 0.336. The molecule has 4 rings (SSSR count). The Hall–Kier alpha value is -3.47. The van der Waals surface area contributed by atoms with Crippen molar-refractivity contribution in [2.75, 3.05) is 0 Å². The second kappa shape index (κ2) is 7.51. The number of hydrogen-bond donors (Lipinski definition) is 1. The van der Waals surface area contributed by atoms with Crippen molar-refractivity contribution in [1.82, 2.24) is 0 Å². The number of carbonyl (C=O) groups is 1.